The molecule has 5 heteroatoms. The van der Waals surface area contributed by atoms with Crippen LogP contribution in [0.1, 0.15) is 12.0 Å². The molecule has 0 atom stereocenters. The Morgan fingerprint density at radius 1 is 1.43 bits per heavy atom. The van der Waals surface area contributed by atoms with Gasteiger partial charge in [-0.1, -0.05) is 0 Å². The van der Waals surface area contributed by atoms with Crippen LogP contribution in [0.3, 0.4) is 0 Å². The minimum Gasteiger partial charge on any atom is -0.481 e. The fourth-order valence-electron chi connectivity index (χ4n) is 1.03. The summed E-state index contributed by atoms with van der Waals surface area (Å²) in [4.78, 5) is 10.2. The summed E-state index contributed by atoms with van der Waals surface area (Å²) in [6.45, 7) is 0. The molecule has 0 saturated carbocycles. The molecular formula is C9H7BrF2O2. The van der Waals surface area contributed by atoms with Crippen LogP contribution < -0.4 is 0 Å². The summed E-state index contributed by atoms with van der Waals surface area (Å²) in [6.07, 6.45) is -0.232. The maximum absolute atomic E-state index is 13.2. The van der Waals surface area contributed by atoms with Gasteiger partial charge in [0.1, 0.15) is 11.6 Å². The van der Waals surface area contributed by atoms with Crippen LogP contribution in [0.5, 0.6) is 0 Å². The highest BCUT2D eigenvalue weighted by Gasteiger charge is 2.10. The molecule has 1 aromatic rings. The largest absolute Gasteiger partial charge is 0.481 e. The third-order valence-corrected chi connectivity index (χ3v) is 2.25. The fraction of sp³-hybridized carbons (Fsp3) is 0.222. The smallest absolute Gasteiger partial charge is 0.303 e. The second-order valence-corrected chi connectivity index (χ2v) is 3.61. The second-order valence-electron chi connectivity index (χ2n) is 2.75. The molecule has 76 valence electrons. The third kappa shape index (κ3) is 2.77. The summed E-state index contributed by atoms with van der Waals surface area (Å²) in [5, 5.41) is 8.38. The molecule has 0 fully saturated rings. The second kappa shape index (κ2) is 4.50. The molecule has 2 nitrogen and oxygen atoms in total. The Morgan fingerprint density at radius 2 is 2.07 bits per heavy atom. The minimum absolute atomic E-state index is 0.0119. The van der Waals surface area contributed by atoms with Crippen LogP contribution in [-0.4, -0.2) is 11.1 Å². The summed E-state index contributed by atoms with van der Waals surface area (Å²) in [7, 11) is 0. The van der Waals surface area contributed by atoms with Crippen molar-refractivity contribution in [1.29, 1.82) is 0 Å². The normalized spacial score (nSPS) is 10.2. The molecule has 0 heterocycles. The van der Waals surface area contributed by atoms with Gasteiger partial charge in [-0.3, -0.25) is 4.79 Å². The number of carboxylic acids is 1. The monoisotopic (exact) mass is 264 g/mol. The van der Waals surface area contributed by atoms with Crippen molar-refractivity contribution in [1.82, 2.24) is 0 Å². The van der Waals surface area contributed by atoms with E-state index >= 15 is 0 Å². The van der Waals surface area contributed by atoms with Crippen LogP contribution in [0.4, 0.5) is 8.78 Å². The third-order valence-electron chi connectivity index (χ3n) is 1.68. The van der Waals surface area contributed by atoms with E-state index in [-0.39, 0.29) is 22.9 Å². The van der Waals surface area contributed by atoms with Gasteiger partial charge < -0.3 is 5.11 Å². The first-order valence-corrected chi connectivity index (χ1v) is 4.65. The maximum Gasteiger partial charge on any atom is 0.303 e. The van der Waals surface area contributed by atoms with Gasteiger partial charge in [-0.15, -0.1) is 0 Å². The van der Waals surface area contributed by atoms with E-state index in [1.165, 1.54) is 0 Å². The summed E-state index contributed by atoms with van der Waals surface area (Å²) >= 11 is 2.84. The molecule has 1 aromatic carbocycles. The first-order valence-electron chi connectivity index (χ1n) is 3.86. The molecule has 0 spiro atoms. The van der Waals surface area contributed by atoms with Gasteiger partial charge in [-0.05, 0) is 40.0 Å². The number of aryl methyl sites for hydroxylation is 1. The molecule has 14 heavy (non-hydrogen) atoms. The zero-order chi connectivity index (χ0) is 10.7. The van der Waals surface area contributed by atoms with E-state index in [2.05, 4.69) is 15.9 Å². The van der Waals surface area contributed by atoms with E-state index in [0.29, 0.717) is 0 Å². The lowest BCUT2D eigenvalue weighted by atomic mass is 10.1. The van der Waals surface area contributed by atoms with Gasteiger partial charge in [0.05, 0.1) is 4.47 Å². The number of carbonyl (C=O) groups is 1. The van der Waals surface area contributed by atoms with E-state index in [4.69, 9.17) is 5.11 Å². The molecule has 1 rings (SSSR count). The van der Waals surface area contributed by atoms with Gasteiger partial charge in [0.25, 0.3) is 0 Å². The Labute approximate surface area is 87.7 Å². The van der Waals surface area contributed by atoms with Crippen molar-refractivity contribution in [2.75, 3.05) is 0 Å². The van der Waals surface area contributed by atoms with Gasteiger partial charge in [0.15, 0.2) is 0 Å². The van der Waals surface area contributed by atoms with E-state index in [1.807, 2.05) is 0 Å². The Balaban J connectivity index is 2.90. The van der Waals surface area contributed by atoms with Crippen molar-refractivity contribution < 1.29 is 18.7 Å². The molecule has 0 saturated heterocycles. The standard InChI is InChI=1S/C9H7BrF2O2/c10-7-4-6(11)3-5(9(7)12)1-2-8(13)14/h3-4H,1-2H2,(H,13,14). The summed E-state index contributed by atoms with van der Waals surface area (Å²) in [5.41, 5.74) is 0.0688. The number of halogens is 3. The molecule has 0 bridgehead atoms. The summed E-state index contributed by atoms with van der Waals surface area (Å²) in [6, 6.07) is 2.00. The average molecular weight is 265 g/mol. The Hall–Kier alpha value is -0.970. The lowest BCUT2D eigenvalue weighted by Crippen LogP contribution is -2.00. The highest BCUT2D eigenvalue weighted by molar-refractivity contribution is 9.10. The zero-order valence-corrected chi connectivity index (χ0v) is 8.64. The quantitative estimate of drug-likeness (QED) is 0.853. The van der Waals surface area contributed by atoms with E-state index in [9.17, 15) is 13.6 Å². The molecular weight excluding hydrogens is 258 g/mol. The predicted octanol–water partition coefficient (Wildman–Crippen LogP) is 2.74. The van der Waals surface area contributed by atoms with Crippen LogP contribution in [-0.2, 0) is 11.2 Å². The summed E-state index contributed by atoms with van der Waals surface area (Å²) < 4.78 is 26.0. The van der Waals surface area contributed by atoms with Crippen molar-refractivity contribution in [3.05, 3.63) is 33.8 Å². The molecule has 0 aliphatic rings. The molecule has 0 amide bonds. The molecule has 0 aliphatic heterocycles. The number of aliphatic carboxylic acids is 1. The van der Waals surface area contributed by atoms with Crippen molar-refractivity contribution in [2.45, 2.75) is 12.8 Å². The van der Waals surface area contributed by atoms with Crippen LogP contribution in [0.25, 0.3) is 0 Å². The van der Waals surface area contributed by atoms with Crippen LogP contribution >= 0.6 is 15.9 Å². The number of hydrogen-bond acceptors (Lipinski definition) is 1. The molecule has 0 radical (unpaired) electrons. The van der Waals surface area contributed by atoms with Gasteiger partial charge in [-0.2, -0.15) is 0 Å². The van der Waals surface area contributed by atoms with Crippen molar-refractivity contribution in [3.8, 4) is 0 Å². The van der Waals surface area contributed by atoms with Crippen LogP contribution in [0.15, 0.2) is 16.6 Å². The van der Waals surface area contributed by atoms with Crippen molar-refractivity contribution in [3.63, 3.8) is 0 Å². The van der Waals surface area contributed by atoms with Gasteiger partial charge in [-0.25, -0.2) is 8.78 Å². The Bertz CT molecular complexity index is 366. The Morgan fingerprint density at radius 3 is 2.64 bits per heavy atom. The first kappa shape index (κ1) is 11.1. The highest BCUT2D eigenvalue weighted by atomic mass is 79.9. The number of benzene rings is 1. The van der Waals surface area contributed by atoms with Gasteiger partial charge in [0, 0.05) is 6.42 Å². The fourth-order valence-corrected chi connectivity index (χ4v) is 1.51. The van der Waals surface area contributed by atoms with E-state index < -0.39 is 17.6 Å². The van der Waals surface area contributed by atoms with E-state index in [0.717, 1.165) is 12.1 Å². The lowest BCUT2D eigenvalue weighted by Gasteiger charge is -2.03. The first-order chi connectivity index (χ1) is 6.50. The number of rotatable bonds is 3. The molecule has 0 unspecified atom stereocenters. The zero-order valence-electron chi connectivity index (χ0n) is 7.06. The van der Waals surface area contributed by atoms with Crippen molar-refractivity contribution >= 4 is 21.9 Å². The van der Waals surface area contributed by atoms with Crippen molar-refractivity contribution in [2.24, 2.45) is 0 Å². The number of hydrogen-bond donors (Lipinski definition) is 1. The minimum atomic E-state index is -1.04. The highest BCUT2D eigenvalue weighted by Crippen LogP contribution is 2.21. The molecule has 0 aliphatic carbocycles. The molecule has 0 aromatic heterocycles. The van der Waals surface area contributed by atoms with Gasteiger partial charge >= 0.3 is 5.97 Å². The maximum atomic E-state index is 13.2. The SMILES string of the molecule is O=C(O)CCc1cc(F)cc(Br)c1F. The average Bonchev–Trinajstić information content (AvgIpc) is 2.08. The molecule has 1 N–H and O–H groups in total. The van der Waals surface area contributed by atoms with Crippen LogP contribution in [0, 0.1) is 11.6 Å². The topological polar surface area (TPSA) is 37.3 Å². The lowest BCUT2D eigenvalue weighted by molar-refractivity contribution is -0.136. The van der Waals surface area contributed by atoms with Crippen LogP contribution in [0.2, 0.25) is 0 Å². The van der Waals surface area contributed by atoms with E-state index in [1.54, 1.807) is 0 Å². The number of carboxylic acid groups (broad SMARTS) is 1. The summed E-state index contributed by atoms with van der Waals surface area (Å²) in [5.74, 6) is -2.23. The predicted molar refractivity (Wildman–Crippen MR) is 50.0 cm³/mol. The van der Waals surface area contributed by atoms with Gasteiger partial charge in [0.2, 0.25) is 0 Å². The Kier molecular flexibility index (Phi) is 3.57.